The molecule has 11 nitrogen and oxygen atoms in total. The molecule has 2 rings (SSSR count). The Morgan fingerprint density at radius 3 is 2.02 bits per heavy atom. The molecule has 2 heterocycles. The molecular formula is C29H54N5O6P. The third-order valence-corrected chi connectivity index (χ3v) is 8.23. The molecule has 2 atom stereocenters. The van der Waals surface area contributed by atoms with Crippen LogP contribution in [0, 0.1) is 0 Å². The van der Waals surface area contributed by atoms with Gasteiger partial charge in [0.05, 0.1) is 38.8 Å². The van der Waals surface area contributed by atoms with Crippen LogP contribution in [0.3, 0.4) is 0 Å². The van der Waals surface area contributed by atoms with Crippen molar-refractivity contribution < 1.29 is 28.6 Å². The fraction of sp³-hybridized carbons (Fsp3) is 0.828. The van der Waals surface area contributed by atoms with Crippen LogP contribution < -0.4 is 5.73 Å². The Balaban J connectivity index is 1.40. The minimum absolute atomic E-state index is 0.00212. The summed E-state index contributed by atoms with van der Waals surface area (Å²) in [6, 6.07) is 0. The van der Waals surface area contributed by atoms with E-state index in [-0.39, 0.29) is 32.2 Å². The molecule has 236 valence electrons. The summed E-state index contributed by atoms with van der Waals surface area (Å²) in [5.74, 6) is 0.250. The molecular weight excluding hydrogens is 545 g/mol. The molecule has 0 bridgehead atoms. The second-order valence-corrected chi connectivity index (χ2v) is 12.6. The van der Waals surface area contributed by atoms with E-state index in [1.54, 1.807) is 4.57 Å². The van der Waals surface area contributed by atoms with Crippen molar-refractivity contribution in [2.45, 2.75) is 122 Å². The second kappa shape index (κ2) is 22.0. The Labute approximate surface area is 246 Å². The monoisotopic (exact) mass is 599 g/mol. The van der Waals surface area contributed by atoms with Gasteiger partial charge in [-0.25, -0.2) is 15.0 Å². The highest BCUT2D eigenvalue weighted by Gasteiger charge is 2.23. The van der Waals surface area contributed by atoms with Gasteiger partial charge < -0.3 is 34.3 Å². The van der Waals surface area contributed by atoms with E-state index in [4.69, 9.17) is 19.7 Å². The Morgan fingerprint density at radius 2 is 1.44 bits per heavy atom. The van der Waals surface area contributed by atoms with Crippen LogP contribution in [0.25, 0.3) is 11.2 Å². The zero-order chi connectivity index (χ0) is 29.6. The van der Waals surface area contributed by atoms with Crippen molar-refractivity contribution >= 4 is 24.6 Å². The third kappa shape index (κ3) is 16.0. The van der Waals surface area contributed by atoms with Gasteiger partial charge in [-0.2, -0.15) is 0 Å². The highest BCUT2D eigenvalue weighted by Crippen LogP contribution is 2.41. The van der Waals surface area contributed by atoms with E-state index in [0.29, 0.717) is 17.8 Å². The summed E-state index contributed by atoms with van der Waals surface area (Å²) in [7, 11) is -3.98. The molecule has 0 saturated heterocycles. The molecule has 0 amide bonds. The first kappa shape index (κ1) is 35.6. The lowest BCUT2D eigenvalue weighted by atomic mass is 10.0. The fourth-order valence-corrected chi connectivity index (χ4v) is 5.58. The van der Waals surface area contributed by atoms with Crippen LogP contribution in [0.1, 0.15) is 110 Å². The molecule has 0 aromatic carbocycles. The summed E-state index contributed by atoms with van der Waals surface area (Å²) < 4.78 is 30.0. The van der Waals surface area contributed by atoms with Crippen molar-refractivity contribution in [2.24, 2.45) is 0 Å². The quantitative estimate of drug-likeness (QED) is 0.0795. The van der Waals surface area contributed by atoms with Crippen molar-refractivity contribution in [3.8, 4) is 0 Å². The largest absolute Gasteiger partial charge is 0.394 e. The third-order valence-electron chi connectivity index (χ3n) is 7.17. The number of aliphatic hydroxyl groups excluding tert-OH is 1. The first-order chi connectivity index (χ1) is 20.0. The number of nitrogens with two attached hydrogens (primary N) is 1. The first-order valence-electron chi connectivity index (χ1n) is 15.6. The number of hydrogen-bond donors (Lipinski definition) is 3. The molecule has 0 radical (unpaired) electrons. The summed E-state index contributed by atoms with van der Waals surface area (Å²) >= 11 is 0. The number of ether oxygens (including phenoxy) is 2. The van der Waals surface area contributed by atoms with E-state index >= 15 is 0 Å². The molecule has 1 unspecified atom stereocenters. The van der Waals surface area contributed by atoms with Crippen LogP contribution in [0.5, 0.6) is 0 Å². The van der Waals surface area contributed by atoms with Crippen LogP contribution >= 0.6 is 7.60 Å². The van der Waals surface area contributed by atoms with E-state index in [9.17, 15) is 14.6 Å². The van der Waals surface area contributed by atoms with Gasteiger partial charge in [0, 0.05) is 6.61 Å². The van der Waals surface area contributed by atoms with E-state index in [0.717, 1.165) is 12.8 Å². The van der Waals surface area contributed by atoms with E-state index in [2.05, 4.69) is 21.9 Å². The minimum atomic E-state index is -3.98. The maximum atomic E-state index is 12.3. The zero-order valence-electron chi connectivity index (χ0n) is 25.1. The number of hydrogen-bond acceptors (Lipinski definition) is 9. The van der Waals surface area contributed by atoms with Crippen molar-refractivity contribution in [1.82, 2.24) is 19.5 Å². The van der Waals surface area contributed by atoms with E-state index in [1.165, 1.54) is 103 Å². The molecule has 4 N–H and O–H groups in total. The lowest BCUT2D eigenvalue weighted by Crippen LogP contribution is -2.25. The van der Waals surface area contributed by atoms with Crippen LogP contribution in [0.4, 0.5) is 5.82 Å². The summed E-state index contributed by atoms with van der Waals surface area (Å²) in [4.78, 5) is 22.3. The highest BCUT2D eigenvalue weighted by atomic mass is 31.2. The normalized spacial score (nSPS) is 14.0. The summed E-state index contributed by atoms with van der Waals surface area (Å²) in [5.41, 5.74) is 6.72. The van der Waals surface area contributed by atoms with Gasteiger partial charge in [0.15, 0.2) is 11.5 Å². The Morgan fingerprint density at radius 1 is 0.854 bits per heavy atom. The number of fused-ring (bicyclic) bond motifs is 1. The van der Waals surface area contributed by atoms with Crippen molar-refractivity contribution in [2.75, 3.05) is 38.5 Å². The Hall–Kier alpha value is -1.62. The van der Waals surface area contributed by atoms with Crippen LogP contribution in [-0.2, 0) is 25.1 Å². The van der Waals surface area contributed by atoms with Crippen molar-refractivity contribution in [3.05, 3.63) is 12.7 Å². The topological polar surface area (TPSA) is 155 Å². The molecule has 0 fully saturated rings. The number of anilines is 1. The Kier molecular flexibility index (Phi) is 19.1. The number of rotatable bonds is 27. The predicted octanol–water partition coefficient (Wildman–Crippen LogP) is 6.22. The van der Waals surface area contributed by atoms with Gasteiger partial charge in [-0.05, 0) is 6.42 Å². The predicted molar refractivity (Wildman–Crippen MR) is 163 cm³/mol. The van der Waals surface area contributed by atoms with Gasteiger partial charge in [-0.1, -0.05) is 103 Å². The summed E-state index contributed by atoms with van der Waals surface area (Å²) in [6.07, 6.45) is 22.8. The standard InChI is InChI=1S/C29H54N5O6P/c1-2-3-4-5-6-7-8-9-10-11-12-13-14-15-16-17-18-38-19-20-40-41(36,37)25-39-26(22-35)21-34-24-33-27-28(30)31-23-32-29(27)34/h23-24,26,35H,2-22,25H2,1H3,(H,36,37)(H2,30,31,32)/t26-/m0/s1. The maximum Gasteiger partial charge on any atom is 0.353 e. The SMILES string of the molecule is CCCCCCCCCCCCCCCCCCOCCOP(=O)(O)CO[C@H](CO)Cn1cnc2c(N)ncnc21. The van der Waals surface area contributed by atoms with E-state index in [1.807, 2.05) is 0 Å². The molecule has 0 saturated carbocycles. The molecule has 0 aliphatic heterocycles. The lowest BCUT2D eigenvalue weighted by molar-refractivity contribution is 0.0160. The van der Waals surface area contributed by atoms with Gasteiger partial charge in [0.2, 0.25) is 0 Å². The number of nitrogen functional groups attached to an aromatic ring is 1. The number of aliphatic hydroxyl groups is 1. The first-order valence-corrected chi connectivity index (χ1v) is 17.4. The number of imidazole rings is 1. The minimum Gasteiger partial charge on any atom is -0.394 e. The van der Waals surface area contributed by atoms with Gasteiger partial charge in [-0.3, -0.25) is 4.57 Å². The Bertz CT molecular complexity index is 978. The summed E-state index contributed by atoms with van der Waals surface area (Å²) in [5, 5.41) is 9.65. The molecule has 41 heavy (non-hydrogen) atoms. The molecule has 2 aromatic heterocycles. The average Bonchev–Trinajstić information content (AvgIpc) is 3.38. The molecule has 12 heteroatoms. The average molecular weight is 600 g/mol. The van der Waals surface area contributed by atoms with Crippen molar-refractivity contribution in [1.29, 1.82) is 0 Å². The number of aromatic nitrogens is 4. The van der Waals surface area contributed by atoms with Gasteiger partial charge >= 0.3 is 7.60 Å². The summed E-state index contributed by atoms with van der Waals surface area (Å²) in [6.45, 7) is 2.95. The van der Waals surface area contributed by atoms with Gasteiger partial charge in [-0.15, -0.1) is 0 Å². The van der Waals surface area contributed by atoms with Crippen molar-refractivity contribution in [3.63, 3.8) is 0 Å². The van der Waals surface area contributed by atoms with Crippen LogP contribution in [0.2, 0.25) is 0 Å². The fourth-order valence-electron chi connectivity index (χ4n) is 4.74. The second-order valence-electron chi connectivity index (χ2n) is 10.8. The lowest BCUT2D eigenvalue weighted by Gasteiger charge is -2.19. The highest BCUT2D eigenvalue weighted by molar-refractivity contribution is 7.52. The van der Waals surface area contributed by atoms with Gasteiger partial charge in [0.1, 0.15) is 18.2 Å². The van der Waals surface area contributed by atoms with Crippen LogP contribution in [-0.4, -0.2) is 68.4 Å². The van der Waals surface area contributed by atoms with E-state index < -0.39 is 20.0 Å². The molecule has 0 spiro atoms. The maximum absolute atomic E-state index is 12.3. The zero-order valence-corrected chi connectivity index (χ0v) is 26.0. The number of unbranched alkanes of at least 4 members (excludes halogenated alkanes) is 15. The van der Waals surface area contributed by atoms with Gasteiger partial charge in [0.25, 0.3) is 0 Å². The van der Waals surface area contributed by atoms with Crippen LogP contribution in [0.15, 0.2) is 12.7 Å². The molecule has 0 aliphatic carbocycles. The smallest absolute Gasteiger partial charge is 0.353 e. The molecule has 2 aromatic rings. The molecule has 0 aliphatic rings. The number of nitrogens with zero attached hydrogens (tertiary/aromatic N) is 4.